The predicted molar refractivity (Wildman–Crippen MR) is 73.6 cm³/mol. The summed E-state index contributed by atoms with van der Waals surface area (Å²) in [5, 5.41) is 0. The number of nitrogens with two attached hydrogens (primary N) is 1. The molecule has 118 valence electrons. The van der Waals surface area contributed by atoms with E-state index in [1.807, 2.05) is 0 Å². The highest BCUT2D eigenvalue weighted by Crippen LogP contribution is 2.32. The van der Waals surface area contributed by atoms with Gasteiger partial charge in [0.1, 0.15) is 0 Å². The van der Waals surface area contributed by atoms with Crippen LogP contribution in [0.5, 0.6) is 0 Å². The molecule has 0 bridgehead atoms. The Labute approximate surface area is 128 Å². The monoisotopic (exact) mass is 388 g/mol. The fourth-order valence-electron chi connectivity index (χ4n) is 1.54. The molecule has 0 atom stereocenters. The lowest BCUT2D eigenvalue weighted by atomic mass is 10.1. The van der Waals surface area contributed by atoms with Gasteiger partial charge in [-0.25, -0.2) is 8.42 Å². The molecule has 1 amide bonds. The van der Waals surface area contributed by atoms with Crippen LogP contribution in [0.15, 0.2) is 22.7 Å². The molecule has 1 rings (SSSR count). The number of benzene rings is 1. The number of alkyl halides is 3. The summed E-state index contributed by atoms with van der Waals surface area (Å²) in [6, 6.07) is 2.87. The van der Waals surface area contributed by atoms with Crippen molar-refractivity contribution in [3.63, 3.8) is 0 Å². The summed E-state index contributed by atoms with van der Waals surface area (Å²) >= 11 is 2.91. The molecule has 0 aliphatic carbocycles. The number of halogens is 4. The molecule has 0 aliphatic rings. The SMILES string of the molecule is CN(CC(N)=O)S(=O)(=O)Cc1cc(Br)cc(C(F)(F)F)c1. The molecule has 5 nitrogen and oxygen atoms in total. The van der Waals surface area contributed by atoms with Crippen molar-refractivity contribution in [2.24, 2.45) is 5.73 Å². The van der Waals surface area contributed by atoms with Crippen molar-refractivity contribution in [1.82, 2.24) is 4.31 Å². The lowest BCUT2D eigenvalue weighted by Crippen LogP contribution is -2.36. The van der Waals surface area contributed by atoms with E-state index in [9.17, 15) is 26.4 Å². The Morgan fingerprint density at radius 3 is 2.38 bits per heavy atom. The molecule has 0 spiro atoms. The van der Waals surface area contributed by atoms with E-state index >= 15 is 0 Å². The van der Waals surface area contributed by atoms with E-state index in [0.29, 0.717) is 4.31 Å². The van der Waals surface area contributed by atoms with Crippen molar-refractivity contribution < 1.29 is 26.4 Å². The summed E-state index contributed by atoms with van der Waals surface area (Å²) in [7, 11) is -2.82. The summed E-state index contributed by atoms with van der Waals surface area (Å²) in [6.07, 6.45) is -4.58. The number of likely N-dealkylation sites (N-methyl/N-ethyl adjacent to an activating group) is 1. The summed E-state index contributed by atoms with van der Waals surface area (Å²) < 4.78 is 62.7. The maximum Gasteiger partial charge on any atom is 0.416 e. The maximum absolute atomic E-state index is 12.7. The molecule has 21 heavy (non-hydrogen) atoms. The molecule has 2 N–H and O–H groups in total. The molecule has 0 radical (unpaired) electrons. The molecular weight excluding hydrogens is 377 g/mol. The smallest absolute Gasteiger partial charge is 0.369 e. The zero-order chi connectivity index (χ0) is 16.4. The Bertz CT molecular complexity index is 647. The lowest BCUT2D eigenvalue weighted by molar-refractivity contribution is -0.137. The summed E-state index contributed by atoms with van der Waals surface area (Å²) in [5.41, 5.74) is 3.88. The van der Waals surface area contributed by atoms with Gasteiger partial charge in [0.15, 0.2) is 0 Å². The minimum atomic E-state index is -4.58. The maximum atomic E-state index is 12.7. The topological polar surface area (TPSA) is 80.5 Å². The average molecular weight is 389 g/mol. The van der Waals surface area contributed by atoms with E-state index < -0.39 is 40.0 Å². The van der Waals surface area contributed by atoms with Gasteiger partial charge in [0.25, 0.3) is 0 Å². The highest BCUT2D eigenvalue weighted by Gasteiger charge is 2.31. The number of sulfonamides is 1. The molecule has 0 fully saturated rings. The first-order chi connectivity index (χ1) is 9.41. The van der Waals surface area contributed by atoms with Crippen LogP contribution in [0.2, 0.25) is 0 Å². The van der Waals surface area contributed by atoms with Gasteiger partial charge < -0.3 is 5.73 Å². The van der Waals surface area contributed by atoms with Crippen LogP contribution in [0.3, 0.4) is 0 Å². The van der Waals surface area contributed by atoms with E-state index in [1.165, 1.54) is 6.07 Å². The van der Waals surface area contributed by atoms with Crippen molar-refractivity contribution in [3.8, 4) is 0 Å². The van der Waals surface area contributed by atoms with Crippen molar-refractivity contribution >= 4 is 31.9 Å². The Hall–Kier alpha value is -1.13. The number of primary amides is 1. The van der Waals surface area contributed by atoms with E-state index in [1.54, 1.807) is 0 Å². The van der Waals surface area contributed by atoms with Crippen LogP contribution in [0, 0.1) is 0 Å². The minimum Gasteiger partial charge on any atom is -0.369 e. The number of hydrogen-bond donors (Lipinski definition) is 1. The van der Waals surface area contributed by atoms with Crippen LogP contribution in [0.25, 0.3) is 0 Å². The molecule has 0 aromatic heterocycles. The van der Waals surface area contributed by atoms with Crippen molar-refractivity contribution in [2.45, 2.75) is 11.9 Å². The number of hydrogen-bond acceptors (Lipinski definition) is 3. The van der Waals surface area contributed by atoms with Crippen molar-refractivity contribution in [3.05, 3.63) is 33.8 Å². The van der Waals surface area contributed by atoms with Gasteiger partial charge in [0.2, 0.25) is 15.9 Å². The Kier molecular flexibility index (Phi) is 5.40. The lowest BCUT2D eigenvalue weighted by Gasteiger charge is -2.16. The van der Waals surface area contributed by atoms with E-state index in [2.05, 4.69) is 15.9 Å². The largest absolute Gasteiger partial charge is 0.416 e. The van der Waals surface area contributed by atoms with E-state index in [-0.39, 0.29) is 10.0 Å². The summed E-state index contributed by atoms with van der Waals surface area (Å²) in [6.45, 7) is -0.539. The zero-order valence-corrected chi connectivity index (χ0v) is 13.2. The molecule has 0 unspecified atom stereocenters. The van der Waals surface area contributed by atoms with Gasteiger partial charge in [-0.05, 0) is 23.8 Å². The van der Waals surface area contributed by atoms with Crippen LogP contribution in [0.1, 0.15) is 11.1 Å². The van der Waals surface area contributed by atoms with Gasteiger partial charge in [-0.15, -0.1) is 0 Å². The van der Waals surface area contributed by atoms with Gasteiger partial charge in [-0.3, -0.25) is 4.79 Å². The third kappa shape index (κ3) is 5.29. The quantitative estimate of drug-likeness (QED) is 0.833. The second kappa shape index (κ2) is 6.32. The molecule has 0 aliphatic heterocycles. The van der Waals surface area contributed by atoms with Crippen LogP contribution >= 0.6 is 15.9 Å². The fraction of sp³-hybridized carbons (Fsp3) is 0.364. The molecule has 10 heteroatoms. The highest BCUT2D eigenvalue weighted by atomic mass is 79.9. The fourth-order valence-corrected chi connectivity index (χ4v) is 3.21. The molecule has 0 saturated heterocycles. The number of carbonyl (C=O) groups excluding carboxylic acids is 1. The Balaban J connectivity index is 3.08. The summed E-state index contributed by atoms with van der Waals surface area (Å²) in [5.74, 6) is -1.52. The minimum absolute atomic E-state index is 0.0481. The first kappa shape index (κ1) is 17.9. The molecular formula is C11H12BrF3N2O3S. The Morgan fingerprint density at radius 2 is 1.90 bits per heavy atom. The van der Waals surface area contributed by atoms with Gasteiger partial charge >= 0.3 is 6.18 Å². The Morgan fingerprint density at radius 1 is 1.33 bits per heavy atom. The van der Waals surface area contributed by atoms with Gasteiger partial charge in [0, 0.05) is 11.5 Å². The van der Waals surface area contributed by atoms with Crippen LogP contribution < -0.4 is 5.73 Å². The first-order valence-corrected chi connectivity index (χ1v) is 7.91. The third-order valence-electron chi connectivity index (χ3n) is 2.49. The molecule has 0 heterocycles. The molecule has 0 saturated carbocycles. The third-order valence-corrected chi connectivity index (χ3v) is 4.72. The summed E-state index contributed by atoms with van der Waals surface area (Å²) in [4.78, 5) is 10.7. The van der Waals surface area contributed by atoms with Gasteiger partial charge in [-0.2, -0.15) is 17.5 Å². The number of amides is 1. The van der Waals surface area contributed by atoms with Crippen molar-refractivity contribution in [1.29, 1.82) is 0 Å². The normalized spacial score (nSPS) is 12.7. The molecule has 1 aromatic rings. The average Bonchev–Trinajstić information content (AvgIpc) is 2.25. The van der Waals surface area contributed by atoms with E-state index in [4.69, 9.17) is 5.73 Å². The van der Waals surface area contributed by atoms with Crippen LogP contribution in [-0.2, 0) is 26.7 Å². The van der Waals surface area contributed by atoms with Gasteiger partial charge in [0.05, 0.1) is 17.9 Å². The van der Waals surface area contributed by atoms with Gasteiger partial charge in [-0.1, -0.05) is 15.9 Å². The van der Waals surface area contributed by atoms with Crippen LogP contribution in [0.4, 0.5) is 13.2 Å². The second-order valence-electron chi connectivity index (χ2n) is 4.32. The first-order valence-electron chi connectivity index (χ1n) is 5.51. The van der Waals surface area contributed by atoms with Crippen molar-refractivity contribution in [2.75, 3.05) is 13.6 Å². The molecule has 1 aromatic carbocycles. The number of rotatable bonds is 5. The standard InChI is InChI=1S/C11H12BrF3N2O3S/c1-17(5-10(16)18)21(19,20)6-7-2-8(11(13,14)15)4-9(12)3-7/h2-4H,5-6H2,1H3,(H2,16,18). The zero-order valence-electron chi connectivity index (χ0n) is 10.8. The number of carbonyl (C=O) groups is 1. The second-order valence-corrected chi connectivity index (χ2v) is 7.32. The van der Waals surface area contributed by atoms with Crippen LogP contribution in [-0.4, -0.2) is 32.2 Å². The highest BCUT2D eigenvalue weighted by molar-refractivity contribution is 9.10. The predicted octanol–water partition coefficient (Wildman–Crippen LogP) is 1.71. The number of nitrogens with zero attached hydrogens (tertiary/aromatic N) is 1. The van der Waals surface area contributed by atoms with E-state index in [0.717, 1.165) is 19.2 Å².